The lowest BCUT2D eigenvalue weighted by atomic mass is 10.0. The Balaban J connectivity index is 1.47. The molecule has 1 N–H and O–H groups in total. The van der Waals surface area contributed by atoms with Crippen LogP contribution in [0, 0.1) is 0 Å². The van der Waals surface area contributed by atoms with Gasteiger partial charge in [-0.2, -0.15) is 0 Å². The second-order valence-electron chi connectivity index (χ2n) is 13.5. The van der Waals surface area contributed by atoms with E-state index in [1.165, 1.54) is 0 Å². The first-order chi connectivity index (χ1) is 26.8. The van der Waals surface area contributed by atoms with Crippen molar-refractivity contribution in [2.24, 2.45) is 0 Å². The molecule has 0 atom stereocenters. The van der Waals surface area contributed by atoms with Gasteiger partial charge in [-0.05, 0) is 83.0 Å². The fourth-order valence-corrected chi connectivity index (χ4v) is 7.81. The highest BCUT2D eigenvalue weighted by molar-refractivity contribution is 6.00. The third kappa shape index (κ3) is 5.49. The average Bonchev–Trinajstić information content (AvgIpc) is 4.07. The van der Waals surface area contributed by atoms with Crippen molar-refractivity contribution >= 4 is 46.4 Å². The van der Waals surface area contributed by atoms with Gasteiger partial charge in [-0.25, -0.2) is 9.97 Å². The van der Waals surface area contributed by atoms with Crippen molar-refractivity contribution in [2.75, 3.05) is 0 Å². The van der Waals surface area contributed by atoms with Crippen LogP contribution in [-0.2, 0) is 0 Å². The molecule has 0 spiro atoms. The summed E-state index contributed by atoms with van der Waals surface area (Å²) in [6, 6.07) is 61.8. The maximum absolute atomic E-state index is 5.49. The molecule has 5 heterocycles. The lowest BCUT2D eigenvalue weighted by Crippen LogP contribution is -1.98. The minimum atomic E-state index is 0.898. The first-order valence-electron chi connectivity index (χ1n) is 18.3. The van der Waals surface area contributed by atoms with E-state index in [4.69, 9.17) is 9.97 Å². The highest BCUT2D eigenvalue weighted by Gasteiger charge is 2.21. The summed E-state index contributed by atoms with van der Waals surface area (Å²) in [6.45, 7) is 0. The SMILES string of the molecule is C1=Cc2nc1c(-c1ccccc1)c1ccc([nH]1)c(-c1ccccc1)c1nc(c(-c3ccccc3)c3ccc(c2-c2ccccc2)n3-c2ccccc2)C=C1. The fourth-order valence-electron chi connectivity index (χ4n) is 7.81. The standard InChI is InChI=1S/C50H34N4/c1-6-16-34(17-7-1)47-39-26-27-40(51-39)48(35-18-8-2-9-19-35)42-29-31-44(53-42)50(37-22-12-4-13-23-37)46-33-32-45(54(46)38-24-14-5-15-25-38)49(36-20-10-3-11-21-36)43-30-28-41(47)52-43/h1-33,51H. The molecule has 10 rings (SSSR count). The number of hydrogen-bond donors (Lipinski definition) is 1. The largest absolute Gasteiger partial charge is 0.354 e. The summed E-state index contributed by atoms with van der Waals surface area (Å²) in [5, 5.41) is 0. The zero-order valence-corrected chi connectivity index (χ0v) is 29.4. The molecule has 0 radical (unpaired) electrons. The van der Waals surface area contributed by atoms with Gasteiger partial charge in [0.1, 0.15) is 0 Å². The molecule has 8 bridgehead atoms. The second-order valence-corrected chi connectivity index (χ2v) is 13.5. The lowest BCUT2D eigenvalue weighted by Gasteiger charge is -2.14. The number of benzene rings is 5. The zero-order chi connectivity index (χ0) is 35.8. The minimum Gasteiger partial charge on any atom is -0.354 e. The molecule has 4 heteroatoms. The molecule has 0 amide bonds. The summed E-state index contributed by atoms with van der Waals surface area (Å²) in [5.74, 6) is 0. The minimum absolute atomic E-state index is 0.898. The number of aromatic amines is 1. The van der Waals surface area contributed by atoms with Crippen LogP contribution in [0.5, 0.6) is 0 Å². The van der Waals surface area contributed by atoms with Crippen molar-refractivity contribution < 1.29 is 0 Å². The van der Waals surface area contributed by atoms with Crippen molar-refractivity contribution in [3.8, 4) is 50.2 Å². The molecule has 0 fully saturated rings. The molecule has 0 saturated carbocycles. The van der Waals surface area contributed by atoms with Gasteiger partial charge in [0.15, 0.2) is 0 Å². The Kier molecular flexibility index (Phi) is 7.77. The monoisotopic (exact) mass is 690 g/mol. The van der Waals surface area contributed by atoms with Crippen LogP contribution in [0.4, 0.5) is 0 Å². The zero-order valence-electron chi connectivity index (χ0n) is 29.4. The van der Waals surface area contributed by atoms with Crippen LogP contribution in [0.25, 0.3) is 96.6 Å². The lowest BCUT2D eigenvalue weighted by molar-refractivity contribution is 1.17. The van der Waals surface area contributed by atoms with Crippen molar-refractivity contribution in [1.29, 1.82) is 0 Å². The molecule has 0 unspecified atom stereocenters. The first kappa shape index (κ1) is 31.4. The fraction of sp³-hybridized carbons (Fsp3) is 0. The molecule has 2 aliphatic rings. The Morgan fingerprint density at radius 2 is 0.630 bits per heavy atom. The van der Waals surface area contributed by atoms with Crippen LogP contribution < -0.4 is 0 Å². The maximum Gasteiger partial charge on any atom is 0.0737 e. The van der Waals surface area contributed by atoms with Crippen molar-refractivity contribution in [2.45, 2.75) is 0 Å². The van der Waals surface area contributed by atoms with Gasteiger partial charge in [0.25, 0.3) is 0 Å². The Labute approximate surface area is 313 Å². The third-order valence-electron chi connectivity index (χ3n) is 10.2. The highest BCUT2D eigenvalue weighted by atomic mass is 15.0. The van der Waals surface area contributed by atoms with Gasteiger partial charge >= 0.3 is 0 Å². The summed E-state index contributed by atoms with van der Waals surface area (Å²) in [7, 11) is 0. The van der Waals surface area contributed by atoms with Gasteiger partial charge in [0, 0.05) is 39.0 Å². The van der Waals surface area contributed by atoms with Gasteiger partial charge in [-0.15, -0.1) is 0 Å². The number of aromatic nitrogens is 4. The number of nitrogens with zero attached hydrogens (tertiary/aromatic N) is 3. The molecule has 0 aliphatic carbocycles. The predicted octanol–water partition coefficient (Wildman–Crippen LogP) is 12.8. The van der Waals surface area contributed by atoms with E-state index in [0.717, 1.165) is 95.0 Å². The van der Waals surface area contributed by atoms with Gasteiger partial charge in [-0.3, -0.25) is 0 Å². The van der Waals surface area contributed by atoms with E-state index < -0.39 is 0 Å². The van der Waals surface area contributed by atoms with Gasteiger partial charge in [0.2, 0.25) is 0 Å². The molecule has 254 valence electrons. The molecule has 8 aromatic rings. The van der Waals surface area contributed by atoms with Crippen LogP contribution in [0.3, 0.4) is 0 Å². The number of nitrogens with one attached hydrogen (secondary N) is 1. The Morgan fingerprint density at radius 3 is 1.00 bits per heavy atom. The topological polar surface area (TPSA) is 46.5 Å². The molecule has 5 aromatic carbocycles. The van der Waals surface area contributed by atoms with E-state index in [2.05, 4.69) is 210 Å². The van der Waals surface area contributed by atoms with Crippen molar-refractivity contribution in [3.05, 3.63) is 199 Å². The van der Waals surface area contributed by atoms with Gasteiger partial charge < -0.3 is 9.55 Å². The Bertz CT molecular complexity index is 2710. The molecule has 54 heavy (non-hydrogen) atoms. The number of rotatable bonds is 5. The van der Waals surface area contributed by atoms with E-state index in [-0.39, 0.29) is 0 Å². The van der Waals surface area contributed by atoms with Crippen LogP contribution in [-0.4, -0.2) is 19.5 Å². The predicted molar refractivity (Wildman–Crippen MR) is 226 cm³/mol. The molecule has 3 aromatic heterocycles. The summed E-state index contributed by atoms with van der Waals surface area (Å²) in [4.78, 5) is 14.8. The Morgan fingerprint density at radius 1 is 0.315 bits per heavy atom. The van der Waals surface area contributed by atoms with Crippen LogP contribution in [0.1, 0.15) is 22.8 Å². The number of fused-ring (bicyclic) bond motifs is 8. The first-order valence-corrected chi connectivity index (χ1v) is 18.3. The molecular weight excluding hydrogens is 657 g/mol. The summed E-state index contributed by atoms with van der Waals surface area (Å²) < 4.78 is 2.37. The van der Waals surface area contributed by atoms with E-state index in [0.29, 0.717) is 0 Å². The Hall–Kier alpha value is -7.30. The van der Waals surface area contributed by atoms with E-state index in [1.54, 1.807) is 0 Å². The average molecular weight is 691 g/mol. The van der Waals surface area contributed by atoms with Crippen LogP contribution >= 0.6 is 0 Å². The summed E-state index contributed by atoms with van der Waals surface area (Å²) >= 11 is 0. The number of para-hydroxylation sites is 1. The van der Waals surface area contributed by atoms with E-state index in [1.807, 2.05) is 0 Å². The molecule has 4 nitrogen and oxygen atoms in total. The summed E-state index contributed by atoms with van der Waals surface area (Å²) in [6.07, 6.45) is 8.64. The summed E-state index contributed by atoms with van der Waals surface area (Å²) in [5.41, 5.74) is 17.2. The number of H-pyrrole nitrogens is 1. The normalized spacial score (nSPS) is 11.9. The van der Waals surface area contributed by atoms with Crippen LogP contribution in [0.15, 0.2) is 176 Å². The quantitative estimate of drug-likeness (QED) is 0.195. The molecule has 2 aliphatic heterocycles. The molecular formula is C50H34N4. The maximum atomic E-state index is 5.49. The highest BCUT2D eigenvalue weighted by Crippen LogP contribution is 2.40. The smallest absolute Gasteiger partial charge is 0.0737 e. The van der Waals surface area contributed by atoms with Crippen molar-refractivity contribution in [1.82, 2.24) is 19.5 Å². The van der Waals surface area contributed by atoms with Gasteiger partial charge in [0.05, 0.1) is 33.8 Å². The van der Waals surface area contributed by atoms with Gasteiger partial charge in [-0.1, -0.05) is 140 Å². The van der Waals surface area contributed by atoms with E-state index >= 15 is 0 Å². The second kappa shape index (κ2) is 13.4. The van der Waals surface area contributed by atoms with Crippen molar-refractivity contribution in [3.63, 3.8) is 0 Å². The number of hydrogen-bond acceptors (Lipinski definition) is 2. The molecule has 0 saturated heterocycles. The van der Waals surface area contributed by atoms with Crippen LogP contribution in [0.2, 0.25) is 0 Å². The van der Waals surface area contributed by atoms with E-state index in [9.17, 15) is 0 Å². The third-order valence-corrected chi connectivity index (χ3v) is 10.2.